The molecule has 1 aromatic rings. The van der Waals surface area contributed by atoms with Crippen molar-refractivity contribution in [1.82, 2.24) is 14.7 Å². The van der Waals surface area contributed by atoms with E-state index in [9.17, 15) is 0 Å². The van der Waals surface area contributed by atoms with Crippen LogP contribution < -0.4 is 10.6 Å². The lowest BCUT2D eigenvalue weighted by Crippen LogP contribution is -2.31. The first-order chi connectivity index (χ1) is 8.86. The summed E-state index contributed by atoms with van der Waals surface area (Å²) >= 11 is 0. The van der Waals surface area contributed by atoms with Crippen molar-refractivity contribution in [2.45, 2.75) is 32.7 Å². The number of aromatic nitrogens is 2. The third kappa shape index (κ3) is 4.21. The Morgan fingerprint density at radius 2 is 1.89 bits per heavy atom. The van der Waals surface area contributed by atoms with Crippen molar-refractivity contribution in [2.24, 2.45) is 12.8 Å². The Morgan fingerprint density at radius 1 is 1.26 bits per heavy atom. The fraction of sp³-hybridized carbons (Fsp3) is 0.786. The third-order valence-corrected chi connectivity index (χ3v) is 3.55. The van der Waals surface area contributed by atoms with Crippen LogP contribution in [-0.4, -0.2) is 55.0 Å². The van der Waals surface area contributed by atoms with Gasteiger partial charge in [0.15, 0.2) is 0 Å². The van der Waals surface area contributed by atoms with E-state index >= 15 is 0 Å². The minimum Gasteiger partial charge on any atom is -0.358 e. The molecular formula is C14H29N5. The second-order valence-electron chi connectivity index (χ2n) is 5.61. The molecule has 0 spiro atoms. The predicted molar refractivity (Wildman–Crippen MR) is 81.7 cm³/mol. The van der Waals surface area contributed by atoms with E-state index in [1.54, 1.807) is 0 Å². The molecule has 0 bridgehead atoms. The molecule has 0 aliphatic rings. The van der Waals surface area contributed by atoms with Crippen LogP contribution in [0.1, 0.15) is 24.6 Å². The molecule has 0 amide bonds. The van der Waals surface area contributed by atoms with E-state index in [0.29, 0.717) is 0 Å². The summed E-state index contributed by atoms with van der Waals surface area (Å²) in [4.78, 5) is 4.47. The molecule has 1 aromatic heterocycles. The normalized spacial score (nSPS) is 13.1. The summed E-state index contributed by atoms with van der Waals surface area (Å²) in [6.45, 7) is 6.22. The summed E-state index contributed by atoms with van der Waals surface area (Å²) in [6.07, 6.45) is 1.90. The van der Waals surface area contributed by atoms with E-state index in [1.165, 1.54) is 11.4 Å². The van der Waals surface area contributed by atoms with Gasteiger partial charge in [-0.3, -0.25) is 4.68 Å². The van der Waals surface area contributed by atoms with Gasteiger partial charge in [-0.2, -0.15) is 5.10 Å². The Bertz CT molecular complexity index is 397. The lowest BCUT2D eigenvalue weighted by molar-refractivity contribution is 0.415. The van der Waals surface area contributed by atoms with Crippen molar-refractivity contribution in [3.63, 3.8) is 0 Å². The Kier molecular flexibility index (Phi) is 5.82. The molecule has 0 fully saturated rings. The van der Waals surface area contributed by atoms with Crippen LogP contribution in [0.2, 0.25) is 0 Å². The highest BCUT2D eigenvalue weighted by molar-refractivity contribution is 5.50. The smallest absolute Gasteiger partial charge is 0.129 e. The van der Waals surface area contributed by atoms with Crippen molar-refractivity contribution in [3.8, 4) is 0 Å². The fourth-order valence-electron chi connectivity index (χ4n) is 2.27. The Morgan fingerprint density at radius 3 is 2.42 bits per heavy atom. The van der Waals surface area contributed by atoms with E-state index in [0.717, 1.165) is 31.6 Å². The van der Waals surface area contributed by atoms with Crippen molar-refractivity contribution >= 4 is 5.82 Å². The average Bonchev–Trinajstić information content (AvgIpc) is 2.61. The van der Waals surface area contributed by atoms with Crippen molar-refractivity contribution < 1.29 is 0 Å². The molecule has 0 saturated carbocycles. The number of nitrogens with zero attached hydrogens (tertiary/aromatic N) is 4. The number of aryl methyl sites for hydroxylation is 2. The van der Waals surface area contributed by atoms with E-state index in [1.807, 2.05) is 11.7 Å². The number of nitrogens with two attached hydrogens (primary N) is 1. The molecule has 1 unspecified atom stereocenters. The molecule has 0 aromatic carbocycles. The largest absolute Gasteiger partial charge is 0.358 e. The SMILES string of the molecule is CCC(N)Cc1c(C)nn(C)c1N(C)CCN(C)C. The predicted octanol–water partition coefficient (Wildman–Crippen LogP) is 1.01. The van der Waals surface area contributed by atoms with Gasteiger partial charge in [-0.05, 0) is 33.9 Å². The highest BCUT2D eigenvalue weighted by Gasteiger charge is 2.18. The third-order valence-electron chi connectivity index (χ3n) is 3.55. The van der Waals surface area contributed by atoms with Gasteiger partial charge in [-0.1, -0.05) is 6.92 Å². The van der Waals surface area contributed by atoms with Gasteiger partial charge in [0, 0.05) is 38.8 Å². The maximum Gasteiger partial charge on any atom is 0.129 e. The maximum absolute atomic E-state index is 6.11. The van der Waals surface area contributed by atoms with Gasteiger partial charge in [0.1, 0.15) is 5.82 Å². The van der Waals surface area contributed by atoms with E-state index in [4.69, 9.17) is 5.73 Å². The number of anilines is 1. The number of likely N-dealkylation sites (N-methyl/N-ethyl adjacent to an activating group) is 2. The molecule has 1 rings (SSSR count). The van der Waals surface area contributed by atoms with Crippen molar-refractivity contribution in [2.75, 3.05) is 39.1 Å². The Hall–Kier alpha value is -1.07. The average molecular weight is 267 g/mol. The summed E-state index contributed by atoms with van der Waals surface area (Å²) in [5.41, 5.74) is 8.50. The minimum atomic E-state index is 0.212. The van der Waals surface area contributed by atoms with Crippen LogP contribution in [0.25, 0.3) is 0 Å². The summed E-state index contributed by atoms with van der Waals surface area (Å²) in [5.74, 6) is 1.20. The van der Waals surface area contributed by atoms with E-state index in [-0.39, 0.29) is 6.04 Å². The van der Waals surface area contributed by atoms with Gasteiger partial charge in [0.05, 0.1) is 5.69 Å². The molecule has 0 aliphatic heterocycles. The minimum absolute atomic E-state index is 0.212. The summed E-state index contributed by atoms with van der Waals surface area (Å²) < 4.78 is 1.97. The topological polar surface area (TPSA) is 50.3 Å². The van der Waals surface area contributed by atoms with Crippen LogP contribution in [0.5, 0.6) is 0 Å². The zero-order valence-corrected chi connectivity index (χ0v) is 13.3. The molecule has 0 saturated heterocycles. The number of hydrogen-bond acceptors (Lipinski definition) is 4. The first-order valence-electron chi connectivity index (χ1n) is 7.00. The fourth-order valence-corrected chi connectivity index (χ4v) is 2.27. The molecular weight excluding hydrogens is 238 g/mol. The van der Waals surface area contributed by atoms with Crippen LogP contribution in [0.15, 0.2) is 0 Å². The molecule has 2 N–H and O–H groups in total. The Balaban J connectivity index is 2.91. The van der Waals surface area contributed by atoms with Crippen molar-refractivity contribution in [3.05, 3.63) is 11.3 Å². The van der Waals surface area contributed by atoms with Crippen LogP contribution >= 0.6 is 0 Å². The molecule has 1 heterocycles. The van der Waals surface area contributed by atoms with Crippen LogP contribution in [-0.2, 0) is 13.5 Å². The molecule has 0 aliphatic carbocycles. The summed E-state index contributed by atoms with van der Waals surface area (Å²) in [5, 5.41) is 4.55. The first-order valence-corrected chi connectivity index (χ1v) is 7.00. The lowest BCUT2D eigenvalue weighted by Gasteiger charge is -2.23. The van der Waals surface area contributed by atoms with E-state index < -0.39 is 0 Å². The van der Waals surface area contributed by atoms with Gasteiger partial charge in [0.2, 0.25) is 0 Å². The van der Waals surface area contributed by atoms with E-state index in [2.05, 4.69) is 49.9 Å². The highest BCUT2D eigenvalue weighted by atomic mass is 15.4. The number of hydrogen-bond donors (Lipinski definition) is 1. The standard InChI is InChI=1S/C14H29N5/c1-7-12(15)10-13-11(2)16-19(6)14(13)18(5)9-8-17(3)4/h12H,7-10,15H2,1-6H3. The number of rotatable bonds is 7. The zero-order chi connectivity index (χ0) is 14.6. The maximum atomic E-state index is 6.11. The quantitative estimate of drug-likeness (QED) is 0.801. The van der Waals surface area contributed by atoms with Gasteiger partial charge in [-0.25, -0.2) is 0 Å². The molecule has 110 valence electrons. The van der Waals surface area contributed by atoms with Gasteiger partial charge >= 0.3 is 0 Å². The summed E-state index contributed by atoms with van der Waals surface area (Å²) in [6, 6.07) is 0.212. The zero-order valence-electron chi connectivity index (χ0n) is 13.3. The highest BCUT2D eigenvalue weighted by Crippen LogP contribution is 2.23. The molecule has 5 heteroatoms. The van der Waals surface area contributed by atoms with Crippen LogP contribution in [0.3, 0.4) is 0 Å². The monoisotopic (exact) mass is 267 g/mol. The second kappa shape index (κ2) is 6.91. The molecule has 5 nitrogen and oxygen atoms in total. The summed E-state index contributed by atoms with van der Waals surface area (Å²) in [7, 11) is 8.32. The lowest BCUT2D eigenvalue weighted by atomic mass is 10.0. The van der Waals surface area contributed by atoms with Gasteiger partial charge in [0.25, 0.3) is 0 Å². The molecule has 19 heavy (non-hydrogen) atoms. The first kappa shape index (κ1) is 16.0. The second-order valence-corrected chi connectivity index (χ2v) is 5.61. The van der Waals surface area contributed by atoms with Gasteiger partial charge < -0.3 is 15.5 Å². The molecule has 0 radical (unpaired) electrons. The van der Waals surface area contributed by atoms with Crippen LogP contribution in [0, 0.1) is 6.92 Å². The van der Waals surface area contributed by atoms with Crippen molar-refractivity contribution in [1.29, 1.82) is 0 Å². The van der Waals surface area contributed by atoms with Gasteiger partial charge in [-0.15, -0.1) is 0 Å². The van der Waals surface area contributed by atoms with Crippen LogP contribution in [0.4, 0.5) is 5.82 Å². The Labute approximate surface area is 117 Å². The molecule has 1 atom stereocenters.